The molecule has 0 saturated carbocycles. The lowest BCUT2D eigenvalue weighted by Gasteiger charge is -2.31. The molecule has 1 aliphatic rings. The van der Waals surface area contributed by atoms with Crippen LogP contribution in [0, 0.1) is 5.92 Å². The average molecular weight is 546 g/mol. The predicted octanol–water partition coefficient (Wildman–Crippen LogP) is 5.35. The van der Waals surface area contributed by atoms with Gasteiger partial charge in [-0.25, -0.2) is 12.7 Å². The number of piperidine rings is 1. The molecular weight excluding hydrogens is 527 g/mol. The van der Waals surface area contributed by atoms with Crippen LogP contribution in [0.1, 0.15) is 18.4 Å². The molecule has 174 valence electrons. The van der Waals surface area contributed by atoms with E-state index in [4.69, 9.17) is 34.8 Å². The minimum atomic E-state index is -3.63. The Morgan fingerprint density at radius 3 is 2.58 bits per heavy atom. The highest BCUT2D eigenvalue weighted by atomic mass is 35.5. The number of anilines is 1. The Balaban J connectivity index is 1.40. The maximum atomic E-state index is 13.0. The van der Waals surface area contributed by atoms with Gasteiger partial charge in [-0.1, -0.05) is 64.3 Å². The second kappa shape index (κ2) is 10.2. The summed E-state index contributed by atoms with van der Waals surface area (Å²) in [5.41, 5.74) is 1.38. The van der Waals surface area contributed by atoms with Crippen molar-refractivity contribution in [1.82, 2.24) is 14.5 Å². The van der Waals surface area contributed by atoms with Gasteiger partial charge in [-0.2, -0.15) is 0 Å². The fourth-order valence-corrected chi connectivity index (χ4v) is 6.33. The van der Waals surface area contributed by atoms with Gasteiger partial charge in [-0.15, -0.1) is 10.2 Å². The van der Waals surface area contributed by atoms with Crippen molar-refractivity contribution in [3.63, 3.8) is 0 Å². The first-order valence-corrected chi connectivity index (χ1v) is 13.6. The summed E-state index contributed by atoms with van der Waals surface area (Å²) in [5, 5.41) is 13.2. The van der Waals surface area contributed by atoms with Crippen LogP contribution in [0.15, 0.2) is 42.5 Å². The van der Waals surface area contributed by atoms with Crippen LogP contribution in [0.5, 0.6) is 0 Å². The average Bonchev–Trinajstić information content (AvgIpc) is 3.25. The van der Waals surface area contributed by atoms with Gasteiger partial charge < -0.3 is 5.32 Å². The fourth-order valence-electron chi connectivity index (χ4n) is 3.53. The number of carbonyl (C=O) groups is 1. The smallest absolute Gasteiger partial charge is 0.230 e. The SMILES string of the molecule is O=C(Nc1nnc(-c2ccc(Cl)cc2)s1)C1CCCN(S(=O)(=O)Cc2ccc(Cl)c(Cl)c2)C1. The number of sulfonamides is 1. The molecule has 0 spiro atoms. The molecule has 1 atom stereocenters. The second-order valence-corrected chi connectivity index (χ2v) is 11.8. The molecule has 3 aromatic rings. The first-order chi connectivity index (χ1) is 15.7. The summed E-state index contributed by atoms with van der Waals surface area (Å²) >= 11 is 19.1. The summed E-state index contributed by atoms with van der Waals surface area (Å²) in [5.74, 6) is -0.965. The van der Waals surface area contributed by atoms with E-state index in [9.17, 15) is 13.2 Å². The molecule has 1 unspecified atom stereocenters. The first-order valence-electron chi connectivity index (χ1n) is 10.0. The number of hydrogen-bond acceptors (Lipinski definition) is 6. The van der Waals surface area contributed by atoms with Crippen molar-refractivity contribution in [2.45, 2.75) is 18.6 Å². The van der Waals surface area contributed by atoms with Crippen molar-refractivity contribution in [3.8, 4) is 10.6 Å². The Hall–Kier alpha value is -1.75. The van der Waals surface area contributed by atoms with Gasteiger partial charge in [0.25, 0.3) is 0 Å². The van der Waals surface area contributed by atoms with E-state index in [-0.39, 0.29) is 18.2 Å². The Bertz CT molecular complexity index is 1270. The van der Waals surface area contributed by atoms with E-state index in [1.54, 1.807) is 30.3 Å². The van der Waals surface area contributed by atoms with E-state index in [1.807, 2.05) is 12.1 Å². The molecule has 12 heteroatoms. The molecule has 0 aliphatic carbocycles. The molecule has 1 aliphatic heterocycles. The van der Waals surface area contributed by atoms with E-state index in [0.717, 1.165) is 5.56 Å². The van der Waals surface area contributed by atoms with Gasteiger partial charge >= 0.3 is 0 Å². The zero-order chi connectivity index (χ0) is 23.6. The maximum Gasteiger partial charge on any atom is 0.230 e. The van der Waals surface area contributed by atoms with Crippen LogP contribution in [-0.2, 0) is 20.6 Å². The van der Waals surface area contributed by atoms with E-state index < -0.39 is 15.9 Å². The zero-order valence-corrected chi connectivity index (χ0v) is 21.1. The van der Waals surface area contributed by atoms with E-state index in [1.165, 1.54) is 15.6 Å². The molecule has 1 aromatic heterocycles. The van der Waals surface area contributed by atoms with E-state index in [2.05, 4.69) is 15.5 Å². The Labute approximate surface area is 210 Å². The van der Waals surface area contributed by atoms with Crippen LogP contribution in [0.4, 0.5) is 5.13 Å². The number of benzene rings is 2. The summed E-state index contributed by atoms with van der Waals surface area (Å²) < 4.78 is 27.3. The van der Waals surface area contributed by atoms with Gasteiger partial charge in [0.05, 0.1) is 21.7 Å². The lowest BCUT2D eigenvalue weighted by atomic mass is 9.99. The molecule has 1 saturated heterocycles. The molecule has 2 heterocycles. The molecule has 4 rings (SSSR count). The van der Waals surface area contributed by atoms with Crippen LogP contribution in [0.2, 0.25) is 15.1 Å². The molecule has 0 radical (unpaired) electrons. The number of hydrogen-bond donors (Lipinski definition) is 1. The molecule has 7 nitrogen and oxygen atoms in total. The predicted molar refractivity (Wildman–Crippen MR) is 132 cm³/mol. The lowest BCUT2D eigenvalue weighted by molar-refractivity contribution is -0.120. The minimum Gasteiger partial charge on any atom is -0.300 e. The van der Waals surface area contributed by atoms with Crippen molar-refractivity contribution < 1.29 is 13.2 Å². The van der Waals surface area contributed by atoms with Crippen LogP contribution in [0.25, 0.3) is 10.6 Å². The Kier molecular flexibility index (Phi) is 7.57. The number of aromatic nitrogens is 2. The first kappa shape index (κ1) is 24.4. The minimum absolute atomic E-state index is 0.109. The number of carbonyl (C=O) groups excluding carboxylic acids is 1. The van der Waals surface area contributed by atoms with Gasteiger partial charge in [0.1, 0.15) is 5.01 Å². The number of nitrogens with one attached hydrogen (secondary N) is 1. The lowest BCUT2D eigenvalue weighted by Crippen LogP contribution is -2.44. The van der Waals surface area contributed by atoms with Gasteiger partial charge in [-0.3, -0.25) is 4.79 Å². The van der Waals surface area contributed by atoms with Crippen LogP contribution < -0.4 is 5.32 Å². The summed E-state index contributed by atoms with van der Waals surface area (Å²) in [6.07, 6.45) is 1.18. The van der Waals surface area contributed by atoms with Crippen molar-refractivity contribution in [1.29, 1.82) is 0 Å². The third-order valence-corrected chi connectivity index (χ3v) is 8.92. The fraction of sp³-hybridized carbons (Fsp3) is 0.286. The number of rotatable bonds is 6. The largest absolute Gasteiger partial charge is 0.300 e. The monoisotopic (exact) mass is 544 g/mol. The van der Waals surface area contributed by atoms with Crippen LogP contribution in [0.3, 0.4) is 0 Å². The zero-order valence-electron chi connectivity index (χ0n) is 17.2. The van der Waals surface area contributed by atoms with Gasteiger partial charge in [-0.05, 0) is 42.7 Å². The standard InChI is InChI=1S/C21H19Cl3N4O3S2/c22-16-6-4-14(5-7-16)20-26-27-21(32-20)25-19(29)15-2-1-9-28(11-15)33(30,31)12-13-3-8-17(23)18(24)10-13/h3-8,10,15H,1-2,9,11-12H2,(H,25,27,29). The molecule has 33 heavy (non-hydrogen) atoms. The van der Waals surface area contributed by atoms with Crippen LogP contribution >= 0.6 is 46.1 Å². The number of amides is 1. The summed E-state index contributed by atoms with van der Waals surface area (Å²) in [7, 11) is -3.63. The summed E-state index contributed by atoms with van der Waals surface area (Å²) in [6.45, 7) is 0.477. The third-order valence-electron chi connectivity index (χ3n) is 5.23. The maximum absolute atomic E-state index is 13.0. The molecule has 0 bridgehead atoms. The number of nitrogens with zero attached hydrogens (tertiary/aromatic N) is 3. The highest BCUT2D eigenvalue weighted by Gasteiger charge is 2.33. The summed E-state index contributed by atoms with van der Waals surface area (Å²) in [4.78, 5) is 12.8. The molecular formula is C21H19Cl3N4O3S2. The van der Waals surface area contributed by atoms with Gasteiger partial charge in [0, 0.05) is 23.7 Å². The number of halogens is 3. The Morgan fingerprint density at radius 2 is 1.85 bits per heavy atom. The molecule has 1 N–H and O–H groups in total. The van der Waals surface area contributed by atoms with Crippen molar-refractivity contribution in [3.05, 3.63) is 63.1 Å². The van der Waals surface area contributed by atoms with E-state index in [0.29, 0.717) is 50.2 Å². The van der Waals surface area contributed by atoms with Crippen molar-refractivity contribution in [2.24, 2.45) is 5.92 Å². The molecule has 1 fully saturated rings. The summed E-state index contributed by atoms with van der Waals surface area (Å²) in [6, 6.07) is 11.9. The molecule has 1 amide bonds. The van der Waals surface area contributed by atoms with Gasteiger partial charge in [0.2, 0.25) is 21.1 Å². The van der Waals surface area contributed by atoms with Gasteiger partial charge in [0.15, 0.2) is 0 Å². The highest BCUT2D eigenvalue weighted by molar-refractivity contribution is 7.88. The van der Waals surface area contributed by atoms with Crippen LogP contribution in [-0.4, -0.2) is 41.9 Å². The quantitative estimate of drug-likeness (QED) is 0.451. The van der Waals surface area contributed by atoms with E-state index >= 15 is 0 Å². The Morgan fingerprint density at radius 1 is 1.09 bits per heavy atom. The second-order valence-electron chi connectivity index (χ2n) is 7.61. The van der Waals surface area contributed by atoms with Crippen molar-refractivity contribution in [2.75, 3.05) is 18.4 Å². The topological polar surface area (TPSA) is 92.3 Å². The third kappa shape index (κ3) is 6.03. The molecule has 2 aromatic carbocycles. The van der Waals surface area contributed by atoms with Crippen molar-refractivity contribution >= 4 is 67.2 Å². The highest BCUT2D eigenvalue weighted by Crippen LogP contribution is 2.29. The normalized spacial score (nSPS) is 17.1.